The molecule has 2 aromatic carbocycles. The molecule has 1 aliphatic heterocycles. The zero-order valence-electron chi connectivity index (χ0n) is 18.7. The maximum absolute atomic E-state index is 13.4. The predicted octanol–water partition coefficient (Wildman–Crippen LogP) is 3.18. The van der Waals surface area contributed by atoms with Crippen LogP contribution < -0.4 is 9.54 Å². The van der Waals surface area contributed by atoms with Crippen molar-refractivity contribution in [2.45, 2.75) is 19.9 Å². The fourth-order valence-electron chi connectivity index (χ4n) is 4.01. The highest BCUT2D eigenvalue weighted by molar-refractivity contribution is 7.16. The molecule has 8 heteroatoms. The lowest BCUT2D eigenvalue weighted by Gasteiger charge is -2.35. The van der Waals surface area contributed by atoms with Gasteiger partial charge in [0, 0.05) is 31.7 Å². The summed E-state index contributed by atoms with van der Waals surface area (Å²) < 4.78 is 8.11. The quantitative estimate of drug-likeness (QED) is 0.596. The summed E-state index contributed by atoms with van der Waals surface area (Å²) in [5.41, 5.74) is 1.35. The van der Waals surface area contributed by atoms with Gasteiger partial charge in [0.2, 0.25) is 5.91 Å². The van der Waals surface area contributed by atoms with Crippen molar-refractivity contribution in [3.63, 3.8) is 0 Å². The van der Waals surface area contributed by atoms with Gasteiger partial charge in [0.25, 0.3) is 5.91 Å². The molecule has 4 rings (SSSR count). The summed E-state index contributed by atoms with van der Waals surface area (Å²) in [4.78, 5) is 35.5. The number of ether oxygens (including phenoxy) is 1. The van der Waals surface area contributed by atoms with Crippen molar-refractivity contribution in [3.8, 4) is 5.75 Å². The number of hydrogen-bond acceptors (Lipinski definition) is 5. The zero-order valence-corrected chi connectivity index (χ0v) is 19.5. The fourth-order valence-corrected chi connectivity index (χ4v) is 5.11. The Hall–Kier alpha value is -2.97. The minimum absolute atomic E-state index is 0.0552. The molecule has 1 saturated heterocycles. The first-order valence-corrected chi connectivity index (χ1v) is 11.7. The van der Waals surface area contributed by atoms with E-state index in [0.29, 0.717) is 16.1 Å². The first-order chi connectivity index (χ1) is 15.5. The number of hydrogen-bond donors (Lipinski definition) is 0. The SMILES string of the molecule is CCN1CCN(C(=O)[C@@H](C)n2c(=NC(=O)c3cccc(OC)c3)sc3ccccc32)CC1. The van der Waals surface area contributed by atoms with Gasteiger partial charge < -0.3 is 19.1 Å². The highest BCUT2D eigenvalue weighted by atomic mass is 32.1. The third kappa shape index (κ3) is 4.47. The van der Waals surface area contributed by atoms with E-state index >= 15 is 0 Å². The van der Waals surface area contributed by atoms with Crippen LogP contribution in [0.4, 0.5) is 0 Å². The largest absolute Gasteiger partial charge is 0.497 e. The average molecular weight is 453 g/mol. The second kappa shape index (κ2) is 9.67. The van der Waals surface area contributed by atoms with Gasteiger partial charge in [0.1, 0.15) is 11.8 Å². The Kier molecular flexibility index (Phi) is 6.72. The molecule has 0 spiro atoms. The molecule has 1 fully saturated rings. The Balaban J connectivity index is 1.71. The lowest BCUT2D eigenvalue weighted by atomic mass is 10.2. The monoisotopic (exact) mass is 452 g/mol. The lowest BCUT2D eigenvalue weighted by Crippen LogP contribution is -2.50. The molecule has 3 aromatic rings. The number of nitrogens with zero attached hydrogens (tertiary/aromatic N) is 4. The third-order valence-electron chi connectivity index (χ3n) is 5.92. The molecule has 1 aliphatic rings. The zero-order chi connectivity index (χ0) is 22.7. The molecule has 32 heavy (non-hydrogen) atoms. The molecule has 2 amide bonds. The van der Waals surface area contributed by atoms with Gasteiger partial charge in [-0.3, -0.25) is 9.59 Å². The maximum Gasteiger partial charge on any atom is 0.279 e. The van der Waals surface area contributed by atoms with Crippen LogP contribution in [0.2, 0.25) is 0 Å². The number of benzene rings is 2. The van der Waals surface area contributed by atoms with Gasteiger partial charge in [-0.15, -0.1) is 0 Å². The van der Waals surface area contributed by atoms with Crippen molar-refractivity contribution < 1.29 is 14.3 Å². The van der Waals surface area contributed by atoms with Gasteiger partial charge in [-0.2, -0.15) is 4.99 Å². The molecule has 0 N–H and O–H groups in total. The van der Waals surface area contributed by atoms with Crippen LogP contribution in [0.15, 0.2) is 53.5 Å². The number of carbonyl (C=O) groups excluding carboxylic acids is 2. The van der Waals surface area contributed by atoms with Crippen LogP contribution in [-0.4, -0.2) is 66.0 Å². The van der Waals surface area contributed by atoms with Crippen LogP contribution >= 0.6 is 11.3 Å². The molecule has 0 radical (unpaired) electrons. The number of piperazine rings is 1. The number of amides is 2. The summed E-state index contributed by atoms with van der Waals surface area (Å²) >= 11 is 1.42. The van der Waals surface area contributed by atoms with E-state index < -0.39 is 6.04 Å². The molecule has 1 aromatic heterocycles. The van der Waals surface area contributed by atoms with E-state index in [-0.39, 0.29) is 11.8 Å². The van der Waals surface area contributed by atoms with Crippen molar-refractivity contribution in [3.05, 3.63) is 58.9 Å². The molecular weight excluding hydrogens is 424 g/mol. The number of aromatic nitrogens is 1. The number of thiazole rings is 1. The Morgan fingerprint density at radius 1 is 1.09 bits per heavy atom. The van der Waals surface area contributed by atoms with E-state index in [1.54, 1.807) is 31.4 Å². The van der Waals surface area contributed by atoms with Gasteiger partial charge >= 0.3 is 0 Å². The van der Waals surface area contributed by atoms with Crippen molar-refractivity contribution in [1.29, 1.82) is 0 Å². The normalized spacial score (nSPS) is 16.3. The van der Waals surface area contributed by atoms with Gasteiger partial charge in [0.15, 0.2) is 4.80 Å². The van der Waals surface area contributed by atoms with Gasteiger partial charge in [-0.25, -0.2) is 0 Å². The molecule has 0 bridgehead atoms. The van der Waals surface area contributed by atoms with Crippen LogP contribution in [0.5, 0.6) is 5.75 Å². The van der Waals surface area contributed by atoms with Crippen molar-refractivity contribution in [1.82, 2.24) is 14.4 Å². The molecule has 0 unspecified atom stereocenters. The molecular formula is C24H28N4O3S. The summed E-state index contributed by atoms with van der Waals surface area (Å²) in [5, 5.41) is 0. The van der Waals surface area contributed by atoms with Crippen LogP contribution in [0, 0.1) is 0 Å². The molecule has 0 saturated carbocycles. The Morgan fingerprint density at radius 3 is 2.56 bits per heavy atom. The second-order valence-corrected chi connectivity index (χ2v) is 8.82. The van der Waals surface area contributed by atoms with Crippen molar-refractivity contribution in [2.24, 2.45) is 4.99 Å². The van der Waals surface area contributed by atoms with Gasteiger partial charge in [-0.05, 0) is 43.8 Å². The molecule has 7 nitrogen and oxygen atoms in total. The predicted molar refractivity (Wildman–Crippen MR) is 126 cm³/mol. The molecule has 2 heterocycles. The number of para-hydroxylation sites is 1. The van der Waals surface area contributed by atoms with Gasteiger partial charge in [0.05, 0.1) is 17.3 Å². The average Bonchev–Trinajstić information content (AvgIpc) is 3.20. The minimum Gasteiger partial charge on any atom is -0.497 e. The maximum atomic E-state index is 13.4. The number of likely N-dealkylation sites (N-methyl/N-ethyl adjacent to an activating group) is 1. The number of fused-ring (bicyclic) bond motifs is 1. The summed E-state index contributed by atoms with van der Waals surface area (Å²) in [6.07, 6.45) is 0. The van der Waals surface area contributed by atoms with Crippen LogP contribution in [0.3, 0.4) is 0 Å². The van der Waals surface area contributed by atoms with E-state index in [9.17, 15) is 9.59 Å². The Morgan fingerprint density at radius 2 is 1.84 bits per heavy atom. The fraction of sp³-hybridized carbons (Fsp3) is 0.375. The van der Waals surface area contributed by atoms with E-state index in [1.165, 1.54) is 11.3 Å². The molecule has 0 aliphatic carbocycles. The Bertz CT molecular complexity index is 1190. The van der Waals surface area contributed by atoms with E-state index in [1.807, 2.05) is 40.7 Å². The van der Waals surface area contributed by atoms with E-state index in [4.69, 9.17) is 4.74 Å². The lowest BCUT2D eigenvalue weighted by molar-refractivity contribution is -0.136. The van der Waals surface area contributed by atoms with E-state index in [2.05, 4.69) is 16.8 Å². The summed E-state index contributed by atoms with van der Waals surface area (Å²) in [7, 11) is 1.56. The van der Waals surface area contributed by atoms with Crippen molar-refractivity contribution >= 4 is 33.4 Å². The van der Waals surface area contributed by atoms with Gasteiger partial charge in [-0.1, -0.05) is 36.5 Å². The topological polar surface area (TPSA) is 67.1 Å². The number of rotatable bonds is 5. The number of methoxy groups -OCH3 is 1. The first-order valence-electron chi connectivity index (χ1n) is 10.9. The summed E-state index contributed by atoms with van der Waals surface area (Å²) in [6, 6.07) is 14.3. The third-order valence-corrected chi connectivity index (χ3v) is 6.96. The smallest absolute Gasteiger partial charge is 0.279 e. The molecule has 168 valence electrons. The van der Waals surface area contributed by atoms with Crippen molar-refractivity contribution in [2.75, 3.05) is 39.8 Å². The number of carbonyl (C=O) groups is 2. The highest BCUT2D eigenvalue weighted by Crippen LogP contribution is 2.22. The van der Waals surface area contributed by atoms with E-state index in [0.717, 1.165) is 42.9 Å². The summed E-state index contributed by atoms with van der Waals surface area (Å²) in [5.74, 6) is 0.296. The summed E-state index contributed by atoms with van der Waals surface area (Å²) in [6.45, 7) is 8.23. The Labute approximate surface area is 191 Å². The second-order valence-electron chi connectivity index (χ2n) is 7.81. The molecule has 1 atom stereocenters. The standard InChI is InChI=1S/C24H28N4O3S/c1-4-26-12-14-27(15-13-26)23(30)17(2)28-20-10-5-6-11-21(20)32-24(28)25-22(29)18-8-7-9-19(16-18)31-3/h5-11,16-17H,4,12-15H2,1-3H3/t17-/m1/s1. The minimum atomic E-state index is -0.462. The van der Waals surface area contributed by atoms with Crippen LogP contribution in [0.1, 0.15) is 30.2 Å². The highest BCUT2D eigenvalue weighted by Gasteiger charge is 2.27. The van der Waals surface area contributed by atoms with Crippen LogP contribution in [0.25, 0.3) is 10.2 Å². The first kappa shape index (κ1) is 22.2. The van der Waals surface area contributed by atoms with Crippen LogP contribution in [-0.2, 0) is 4.79 Å².